The minimum Gasteiger partial charge on any atom is -0.508 e. The van der Waals surface area contributed by atoms with Gasteiger partial charge < -0.3 is 15.5 Å². The number of aromatic nitrogens is 2. The molecular formula is C15H19N3O3. The summed E-state index contributed by atoms with van der Waals surface area (Å²) in [6.45, 7) is 2.48. The molecule has 2 rings (SSSR count). The van der Waals surface area contributed by atoms with Gasteiger partial charge in [0, 0.05) is 12.7 Å². The summed E-state index contributed by atoms with van der Waals surface area (Å²) in [4.78, 5) is 12.1. The maximum absolute atomic E-state index is 12.1. The average Bonchev–Trinajstić information content (AvgIpc) is 2.97. The van der Waals surface area contributed by atoms with Crippen LogP contribution in [0.4, 0.5) is 0 Å². The molecule has 0 saturated carbocycles. The molecule has 0 radical (unpaired) electrons. The lowest BCUT2D eigenvalue weighted by Gasteiger charge is -2.16. The molecule has 1 aromatic carbocycles. The van der Waals surface area contributed by atoms with Gasteiger partial charge >= 0.3 is 0 Å². The van der Waals surface area contributed by atoms with Crippen molar-refractivity contribution in [2.75, 3.05) is 6.61 Å². The molecule has 1 aromatic heterocycles. The van der Waals surface area contributed by atoms with Crippen LogP contribution in [0.2, 0.25) is 0 Å². The zero-order valence-corrected chi connectivity index (χ0v) is 11.9. The van der Waals surface area contributed by atoms with Crippen LogP contribution in [0.15, 0.2) is 36.7 Å². The van der Waals surface area contributed by atoms with E-state index in [1.807, 2.05) is 6.92 Å². The van der Waals surface area contributed by atoms with Gasteiger partial charge in [-0.15, -0.1) is 0 Å². The van der Waals surface area contributed by atoms with Crippen LogP contribution in [0.5, 0.6) is 5.75 Å². The molecular weight excluding hydrogens is 270 g/mol. The zero-order valence-electron chi connectivity index (χ0n) is 11.9. The lowest BCUT2D eigenvalue weighted by molar-refractivity contribution is 0.0916. The average molecular weight is 289 g/mol. The molecule has 0 aliphatic heterocycles. The van der Waals surface area contributed by atoms with Crippen molar-refractivity contribution < 1.29 is 15.0 Å². The highest BCUT2D eigenvalue weighted by molar-refractivity contribution is 5.93. The number of amides is 1. The molecule has 1 atom stereocenters. The van der Waals surface area contributed by atoms with E-state index in [0.717, 1.165) is 5.56 Å². The fraction of sp³-hybridized carbons (Fsp3) is 0.333. The fourth-order valence-electron chi connectivity index (χ4n) is 2.00. The van der Waals surface area contributed by atoms with Crippen molar-refractivity contribution in [3.05, 3.63) is 47.8 Å². The van der Waals surface area contributed by atoms with Crippen molar-refractivity contribution >= 4 is 5.91 Å². The molecule has 21 heavy (non-hydrogen) atoms. The molecule has 6 nitrogen and oxygen atoms in total. The van der Waals surface area contributed by atoms with Crippen LogP contribution in [0.25, 0.3) is 0 Å². The van der Waals surface area contributed by atoms with Crippen molar-refractivity contribution in [1.82, 2.24) is 15.1 Å². The van der Waals surface area contributed by atoms with Gasteiger partial charge in [0.25, 0.3) is 5.91 Å². The molecule has 0 saturated heterocycles. The Balaban J connectivity index is 1.98. The van der Waals surface area contributed by atoms with Crippen molar-refractivity contribution in [3.8, 4) is 5.75 Å². The summed E-state index contributed by atoms with van der Waals surface area (Å²) >= 11 is 0. The monoisotopic (exact) mass is 289 g/mol. The molecule has 1 heterocycles. The maximum atomic E-state index is 12.1. The lowest BCUT2D eigenvalue weighted by atomic mass is 10.1. The fourth-order valence-corrected chi connectivity index (χ4v) is 2.00. The second-order valence-corrected chi connectivity index (χ2v) is 4.81. The summed E-state index contributed by atoms with van der Waals surface area (Å²) in [5.41, 5.74) is 1.40. The molecule has 2 aromatic rings. The minimum absolute atomic E-state index is 0.158. The number of aliphatic hydroxyl groups excluding tert-OH is 1. The first-order valence-electron chi connectivity index (χ1n) is 6.84. The van der Waals surface area contributed by atoms with Gasteiger partial charge in [-0.25, -0.2) is 0 Å². The largest absolute Gasteiger partial charge is 0.508 e. The number of phenolic OH excluding ortho intramolecular Hbond substituents is 1. The number of hydrogen-bond donors (Lipinski definition) is 3. The molecule has 1 amide bonds. The van der Waals surface area contributed by atoms with Gasteiger partial charge in [0.05, 0.1) is 24.4 Å². The Morgan fingerprint density at radius 3 is 2.67 bits per heavy atom. The first-order valence-corrected chi connectivity index (χ1v) is 6.84. The summed E-state index contributed by atoms with van der Waals surface area (Å²) in [7, 11) is 0. The number of nitrogens with one attached hydrogen (secondary N) is 1. The normalized spacial score (nSPS) is 12.1. The van der Waals surface area contributed by atoms with Gasteiger partial charge in [-0.05, 0) is 31.0 Å². The lowest BCUT2D eigenvalue weighted by Crippen LogP contribution is -2.39. The number of carbonyl (C=O) groups excluding carboxylic acids is 1. The Kier molecular flexibility index (Phi) is 4.94. The smallest absolute Gasteiger partial charge is 0.254 e. The number of rotatable bonds is 6. The van der Waals surface area contributed by atoms with E-state index in [1.54, 1.807) is 35.1 Å². The van der Waals surface area contributed by atoms with Gasteiger partial charge in [-0.2, -0.15) is 5.10 Å². The van der Waals surface area contributed by atoms with Crippen LogP contribution in [-0.2, 0) is 13.0 Å². The molecule has 0 bridgehead atoms. The van der Waals surface area contributed by atoms with E-state index in [9.17, 15) is 15.0 Å². The molecule has 0 spiro atoms. The topological polar surface area (TPSA) is 87.4 Å². The highest BCUT2D eigenvalue weighted by atomic mass is 16.3. The van der Waals surface area contributed by atoms with Crippen molar-refractivity contribution in [3.63, 3.8) is 0 Å². The number of aliphatic hydroxyl groups is 1. The third-order valence-electron chi connectivity index (χ3n) is 3.19. The Labute approximate surface area is 123 Å². The minimum atomic E-state index is -0.382. The van der Waals surface area contributed by atoms with E-state index in [4.69, 9.17) is 0 Å². The van der Waals surface area contributed by atoms with E-state index in [-0.39, 0.29) is 24.3 Å². The standard InChI is InChI=1S/C15H19N3O3/c1-2-18-9-12(8-16-18)15(21)17-13(10-19)7-11-3-5-14(20)6-4-11/h3-6,8-9,13,19-20H,2,7,10H2,1H3,(H,17,21)/t13-/m0/s1. The molecule has 0 aliphatic carbocycles. The molecule has 3 N–H and O–H groups in total. The van der Waals surface area contributed by atoms with Crippen molar-refractivity contribution in [1.29, 1.82) is 0 Å². The van der Waals surface area contributed by atoms with Gasteiger partial charge in [0.1, 0.15) is 5.75 Å². The molecule has 0 unspecified atom stereocenters. The number of aromatic hydroxyl groups is 1. The number of carbonyl (C=O) groups is 1. The zero-order chi connectivity index (χ0) is 15.2. The van der Waals surface area contributed by atoms with Crippen LogP contribution in [0, 0.1) is 0 Å². The first kappa shape index (κ1) is 15.1. The number of phenols is 1. The number of benzene rings is 1. The van der Waals surface area contributed by atoms with E-state index in [2.05, 4.69) is 10.4 Å². The van der Waals surface area contributed by atoms with E-state index < -0.39 is 0 Å². The number of nitrogens with zero attached hydrogens (tertiary/aromatic N) is 2. The van der Waals surface area contributed by atoms with Crippen LogP contribution >= 0.6 is 0 Å². The van der Waals surface area contributed by atoms with E-state index >= 15 is 0 Å². The van der Waals surface area contributed by atoms with Crippen LogP contribution in [-0.4, -0.2) is 38.5 Å². The second kappa shape index (κ2) is 6.90. The molecule has 6 heteroatoms. The predicted molar refractivity (Wildman–Crippen MR) is 78.1 cm³/mol. The third kappa shape index (κ3) is 4.06. The summed E-state index contributed by atoms with van der Waals surface area (Å²) in [6, 6.07) is 6.30. The summed E-state index contributed by atoms with van der Waals surface area (Å²) in [5, 5.41) is 25.5. The molecule has 0 aliphatic rings. The SMILES string of the molecule is CCn1cc(C(=O)N[C@H](CO)Cc2ccc(O)cc2)cn1. The molecule has 0 fully saturated rings. The quantitative estimate of drug-likeness (QED) is 0.738. The van der Waals surface area contributed by atoms with Crippen molar-refractivity contribution in [2.45, 2.75) is 25.9 Å². The van der Waals surface area contributed by atoms with E-state index in [1.165, 1.54) is 6.20 Å². The predicted octanol–water partition coefficient (Wildman–Crippen LogP) is 0.942. The first-order chi connectivity index (χ1) is 10.1. The highest BCUT2D eigenvalue weighted by Gasteiger charge is 2.15. The third-order valence-corrected chi connectivity index (χ3v) is 3.19. The van der Waals surface area contributed by atoms with Gasteiger partial charge in [-0.3, -0.25) is 9.48 Å². The summed E-state index contributed by atoms with van der Waals surface area (Å²) in [6.07, 6.45) is 3.67. The van der Waals surface area contributed by atoms with E-state index in [0.29, 0.717) is 18.5 Å². The number of aryl methyl sites for hydroxylation is 1. The Hall–Kier alpha value is -2.34. The Morgan fingerprint density at radius 2 is 2.10 bits per heavy atom. The van der Waals surface area contributed by atoms with Gasteiger partial charge in [-0.1, -0.05) is 12.1 Å². The molecule has 112 valence electrons. The van der Waals surface area contributed by atoms with Crippen molar-refractivity contribution in [2.24, 2.45) is 0 Å². The van der Waals surface area contributed by atoms with Crippen LogP contribution in [0.1, 0.15) is 22.8 Å². The van der Waals surface area contributed by atoms with Crippen LogP contribution in [0.3, 0.4) is 0 Å². The van der Waals surface area contributed by atoms with Gasteiger partial charge in [0.15, 0.2) is 0 Å². The van der Waals surface area contributed by atoms with Gasteiger partial charge in [0.2, 0.25) is 0 Å². The Morgan fingerprint density at radius 1 is 1.38 bits per heavy atom. The second-order valence-electron chi connectivity index (χ2n) is 4.81. The highest BCUT2D eigenvalue weighted by Crippen LogP contribution is 2.11. The maximum Gasteiger partial charge on any atom is 0.254 e. The summed E-state index contributed by atoms with van der Waals surface area (Å²) in [5.74, 6) is -0.0668. The summed E-state index contributed by atoms with van der Waals surface area (Å²) < 4.78 is 1.67. The Bertz CT molecular complexity index is 592. The van der Waals surface area contributed by atoms with Crippen LogP contribution < -0.4 is 5.32 Å². The number of hydrogen-bond acceptors (Lipinski definition) is 4.